The molecule has 0 N–H and O–H groups in total. The molecule has 0 bridgehead atoms. The van der Waals surface area contributed by atoms with Gasteiger partial charge in [0.1, 0.15) is 0 Å². The van der Waals surface area contributed by atoms with E-state index in [1.165, 1.54) is 6.42 Å². The summed E-state index contributed by atoms with van der Waals surface area (Å²) >= 11 is 0. The molecule has 0 aromatic carbocycles. The molecule has 2 nitrogen and oxygen atoms in total. The zero-order valence-corrected chi connectivity index (χ0v) is 10.5. The molecule has 0 spiro atoms. The molecule has 14 heavy (non-hydrogen) atoms. The third kappa shape index (κ3) is 3.39. The largest absolute Gasteiger partial charge is 0.465 e. The number of esters is 1. The first-order valence-electron chi connectivity index (χ1n) is 5.11. The number of rotatable bonds is 5. The average molecular weight is 234 g/mol. The Morgan fingerprint density at radius 1 is 1.36 bits per heavy atom. The number of carbonyl (C=O) groups is 1. The zero-order valence-electron chi connectivity index (χ0n) is 8.88. The number of hydrogen-bond acceptors (Lipinski definition) is 4. The van der Waals surface area contributed by atoms with Gasteiger partial charge < -0.3 is 4.74 Å². The summed E-state index contributed by atoms with van der Waals surface area (Å²) in [7, 11) is 3.54. The number of carbonyl (C=O) groups excluding carboxylic acids is 1. The third-order valence-corrected chi connectivity index (χ3v) is 5.20. The molecular formula is C10H18O2S2. The van der Waals surface area contributed by atoms with E-state index in [1.807, 2.05) is 6.92 Å². The first-order chi connectivity index (χ1) is 6.69. The first-order valence-corrected chi connectivity index (χ1v) is 7.59. The highest BCUT2D eigenvalue weighted by atomic mass is 33.1. The van der Waals surface area contributed by atoms with E-state index in [-0.39, 0.29) is 11.4 Å². The van der Waals surface area contributed by atoms with Crippen LogP contribution in [0.1, 0.15) is 33.1 Å². The van der Waals surface area contributed by atoms with Crippen LogP contribution in [0.4, 0.5) is 0 Å². The average Bonchev–Trinajstić information content (AvgIpc) is 2.61. The Morgan fingerprint density at radius 2 is 2.00 bits per heavy atom. The molecule has 0 saturated carbocycles. The maximum Gasteiger partial charge on any atom is 0.313 e. The maximum atomic E-state index is 11.7. The summed E-state index contributed by atoms with van der Waals surface area (Å²) in [4.78, 5) is 11.7. The Labute approximate surface area is 93.9 Å². The van der Waals surface area contributed by atoms with Crippen molar-refractivity contribution >= 4 is 27.6 Å². The predicted octanol–water partition coefficient (Wildman–Crippen LogP) is 3.12. The molecule has 0 aromatic heterocycles. The summed E-state index contributed by atoms with van der Waals surface area (Å²) in [6.07, 6.45) is 3.31. The molecule has 0 amide bonds. The van der Waals surface area contributed by atoms with E-state index in [9.17, 15) is 4.79 Å². The lowest BCUT2D eigenvalue weighted by Crippen LogP contribution is -2.32. The van der Waals surface area contributed by atoms with Gasteiger partial charge in [0.25, 0.3) is 0 Å². The molecule has 1 saturated heterocycles. The molecule has 0 atom stereocenters. The lowest BCUT2D eigenvalue weighted by atomic mass is 9.96. The summed E-state index contributed by atoms with van der Waals surface area (Å²) in [6.45, 7) is 4.74. The molecule has 0 radical (unpaired) electrons. The van der Waals surface area contributed by atoms with Crippen molar-refractivity contribution < 1.29 is 9.53 Å². The Bertz CT molecular complexity index is 189. The molecule has 1 aliphatic rings. The van der Waals surface area contributed by atoms with Crippen molar-refractivity contribution in [3.63, 3.8) is 0 Å². The van der Waals surface area contributed by atoms with Crippen LogP contribution in [-0.2, 0) is 9.53 Å². The van der Waals surface area contributed by atoms with Crippen LogP contribution in [0.5, 0.6) is 0 Å². The fraction of sp³-hybridized carbons (Fsp3) is 0.900. The lowest BCUT2D eigenvalue weighted by Gasteiger charge is -2.19. The fourth-order valence-corrected chi connectivity index (χ4v) is 4.51. The minimum Gasteiger partial charge on any atom is -0.465 e. The van der Waals surface area contributed by atoms with Gasteiger partial charge in [-0.1, -0.05) is 41.4 Å². The van der Waals surface area contributed by atoms with Crippen molar-refractivity contribution in [1.29, 1.82) is 0 Å². The van der Waals surface area contributed by atoms with Crippen molar-refractivity contribution in [2.45, 2.75) is 33.1 Å². The van der Waals surface area contributed by atoms with E-state index >= 15 is 0 Å². The molecule has 0 aliphatic carbocycles. The van der Waals surface area contributed by atoms with Crippen LogP contribution in [0.3, 0.4) is 0 Å². The first kappa shape index (κ1) is 12.2. The van der Waals surface area contributed by atoms with Gasteiger partial charge in [-0.15, -0.1) is 0 Å². The van der Waals surface area contributed by atoms with Gasteiger partial charge in [0.15, 0.2) is 0 Å². The molecule has 0 unspecified atom stereocenters. The van der Waals surface area contributed by atoms with Crippen LogP contribution >= 0.6 is 21.6 Å². The summed E-state index contributed by atoms with van der Waals surface area (Å²) in [5.41, 5.74) is -0.235. The van der Waals surface area contributed by atoms with Gasteiger partial charge in [0.2, 0.25) is 0 Å². The van der Waals surface area contributed by atoms with Gasteiger partial charge in [-0.25, -0.2) is 0 Å². The maximum absolute atomic E-state index is 11.7. The van der Waals surface area contributed by atoms with E-state index in [0.717, 1.165) is 24.3 Å². The fourth-order valence-electron chi connectivity index (χ4n) is 1.19. The molecule has 1 aliphatic heterocycles. The van der Waals surface area contributed by atoms with Crippen LogP contribution in [0.2, 0.25) is 0 Å². The van der Waals surface area contributed by atoms with Gasteiger partial charge in [-0.2, -0.15) is 0 Å². The minimum atomic E-state index is -0.235. The summed E-state index contributed by atoms with van der Waals surface area (Å²) in [5.74, 6) is 1.78. The van der Waals surface area contributed by atoms with Crippen molar-refractivity contribution in [3.05, 3.63) is 0 Å². The molecule has 4 heteroatoms. The predicted molar refractivity (Wildman–Crippen MR) is 63.5 cm³/mol. The quantitative estimate of drug-likeness (QED) is 0.415. The molecule has 1 heterocycles. The van der Waals surface area contributed by atoms with Crippen LogP contribution in [0.25, 0.3) is 0 Å². The minimum absolute atomic E-state index is 0.00824. The second-order valence-corrected chi connectivity index (χ2v) is 6.39. The van der Waals surface area contributed by atoms with E-state index in [0.29, 0.717) is 6.61 Å². The Morgan fingerprint density at radius 3 is 2.57 bits per heavy atom. The Balaban J connectivity index is 2.20. The van der Waals surface area contributed by atoms with Crippen LogP contribution in [0.15, 0.2) is 0 Å². The lowest BCUT2D eigenvalue weighted by molar-refractivity contribution is -0.152. The Kier molecular flexibility index (Phi) is 5.17. The van der Waals surface area contributed by atoms with Crippen molar-refractivity contribution in [1.82, 2.24) is 0 Å². The van der Waals surface area contributed by atoms with Gasteiger partial charge in [-0.3, -0.25) is 4.79 Å². The van der Waals surface area contributed by atoms with Gasteiger partial charge in [0, 0.05) is 11.5 Å². The zero-order chi connectivity index (χ0) is 10.4. The van der Waals surface area contributed by atoms with E-state index in [4.69, 9.17) is 4.74 Å². The van der Waals surface area contributed by atoms with E-state index in [1.54, 1.807) is 21.6 Å². The van der Waals surface area contributed by atoms with Crippen LogP contribution in [0, 0.1) is 5.41 Å². The molecular weight excluding hydrogens is 216 g/mol. The number of ether oxygens (including phenoxy) is 1. The second kappa shape index (κ2) is 5.91. The number of unbranched alkanes of at least 4 members (excludes halogenated alkanes) is 2. The highest BCUT2D eigenvalue weighted by Crippen LogP contribution is 2.43. The van der Waals surface area contributed by atoms with Gasteiger partial charge in [-0.05, 0) is 13.3 Å². The second-order valence-electron chi connectivity index (χ2n) is 3.93. The normalized spacial score (nSPS) is 19.6. The van der Waals surface area contributed by atoms with Crippen LogP contribution < -0.4 is 0 Å². The van der Waals surface area contributed by atoms with Gasteiger partial charge in [0.05, 0.1) is 12.0 Å². The van der Waals surface area contributed by atoms with Crippen molar-refractivity contribution in [2.24, 2.45) is 5.41 Å². The summed E-state index contributed by atoms with van der Waals surface area (Å²) in [5, 5.41) is 0. The molecule has 1 rings (SSSR count). The van der Waals surface area contributed by atoms with Crippen LogP contribution in [-0.4, -0.2) is 24.1 Å². The van der Waals surface area contributed by atoms with Crippen molar-refractivity contribution in [2.75, 3.05) is 18.1 Å². The van der Waals surface area contributed by atoms with Gasteiger partial charge >= 0.3 is 5.97 Å². The monoisotopic (exact) mass is 234 g/mol. The topological polar surface area (TPSA) is 26.3 Å². The van der Waals surface area contributed by atoms with E-state index in [2.05, 4.69) is 6.92 Å². The van der Waals surface area contributed by atoms with Crippen molar-refractivity contribution in [3.8, 4) is 0 Å². The SMILES string of the molecule is CCCCCOC(=O)C1(C)CSSC1. The highest BCUT2D eigenvalue weighted by Gasteiger charge is 2.39. The smallest absolute Gasteiger partial charge is 0.313 e. The third-order valence-electron chi connectivity index (χ3n) is 2.31. The number of hydrogen-bond donors (Lipinski definition) is 0. The molecule has 1 fully saturated rings. The summed E-state index contributed by atoms with van der Waals surface area (Å²) < 4.78 is 5.27. The van der Waals surface area contributed by atoms with E-state index < -0.39 is 0 Å². The molecule has 0 aromatic rings. The standard InChI is InChI=1S/C10H18O2S2/c1-3-4-5-6-12-9(11)10(2)7-13-14-8-10/h3-8H2,1-2H3. The highest BCUT2D eigenvalue weighted by molar-refractivity contribution is 8.77. The Hall–Kier alpha value is 0.170. The summed E-state index contributed by atoms with van der Waals surface area (Å²) in [6, 6.07) is 0. The molecule has 82 valence electrons.